The highest BCUT2D eigenvalue weighted by Crippen LogP contribution is 2.32. The van der Waals surface area contributed by atoms with Crippen LogP contribution in [0.1, 0.15) is 26.3 Å². The molecule has 0 bridgehead atoms. The number of amides is 2. The molecule has 0 saturated carbocycles. The molecule has 1 N–H and O–H groups in total. The SMILES string of the molecule is COc1ccc(S(=O)(=O)N(CC(=O)N(Cc2ccc(Cl)cc2)[C@H](C)C(=O)NCC(C)C)c2ccc(F)cc2)cc1OC. The molecule has 0 fully saturated rings. The van der Waals surface area contributed by atoms with Crippen molar-refractivity contribution in [2.75, 3.05) is 31.6 Å². The Morgan fingerprint density at radius 2 is 1.55 bits per heavy atom. The molecule has 3 aromatic carbocycles. The van der Waals surface area contributed by atoms with Gasteiger partial charge in [0, 0.05) is 24.2 Å². The average Bonchev–Trinajstić information content (AvgIpc) is 2.97. The maximum atomic E-state index is 14.0. The summed E-state index contributed by atoms with van der Waals surface area (Å²) in [4.78, 5) is 28.1. The summed E-state index contributed by atoms with van der Waals surface area (Å²) in [6.45, 7) is 5.22. The van der Waals surface area contributed by atoms with Crippen LogP contribution in [0.5, 0.6) is 11.5 Å². The topological polar surface area (TPSA) is 105 Å². The molecule has 0 radical (unpaired) electrons. The molecule has 12 heteroatoms. The van der Waals surface area contributed by atoms with Crippen LogP contribution in [0.4, 0.5) is 10.1 Å². The molecule has 0 spiro atoms. The predicted molar refractivity (Wildman–Crippen MR) is 160 cm³/mol. The summed E-state index contributed by atoms with van der Waals surface area (Å²) in [6.07, 6.45) is 0. The van der Waals surface area contributed by atoms with Crippen molar-refractivity contribution in [2.24, 2.45) is 5.92 Å². The van der Waals surface area contributed by atoms with Crippen LogP contribution < -0.4 is 19.1 Å². The first-order valence-electron chi connectivity index (χ1n) is 13.2. The number of carbonyl (C=O) groups is 2. The molecule has 1 atom stereocenters. The number of rotatable bonds is 13. The summed E-state index contributed by atoms with van der Waals surface area (Å²) >= 11 is 6.03. The Labute approximate surface area is 251 Å². The highest BCUT2D eigenvalue weighted by atomic mass is 35.5. The number of ether oxygens (including phenoxy) is 2. The summed E-state index contributed by atoms with van der Waals surface area (Å²) in [6, 6.07) is 14.6. The van der Waals surface area contributed by atoms with Gasteiger partial charge in [-0.25, -0.2) is 12.8 Å². The number of benzene rings is 3. The molecule has 226 valence electrons. The maximum Gasteiger partial charge on any atom is 0.264 e. The van der Waals surface area contributed by atoms with Gasteiger partial charge in [0.1, 0.15) is 18.4 Å². The number of hydrogen-bond acceptors (Lipinski definition) is 6. The lowest BCUT2D eigenvalue weighted by Crippen LogP contribution is -2.51. The number of nitrogens with one attached hydrogen (secondary N) is 1. The molecule has 0 aliphatic heterocycles. The van der Waals surface area contributed by atoms with E-state index in [0.29, 0.717) is 22.9 Å². The first kappa shape index (κ1) is 32.7. The van der Waals surface area contributed by atoms with Crippen molar-refractivity contribution in [3.63, 3.8) is 0 Å². The lowest BCUT2D eigenvalue weighted by Gasteiger charge is -2.32. The van der Waals surface area contributed by atoms with E-state index >= 15 is 0 Å². The molecular weight excluding hydrogens is 585 g/mol. The lowest BCUT2D eigenvalue weighted by atomic mass is 10.1. The van der Waals surface area contributed by atoms with Gasteiger partial charge < -0.3 is 19.7 Å². The summed E-state index contributed by atoms with van der Waals surface area (Å²) < 4.78 is 53.2. The van der Waals surface area contributed by atoms with E-state index in [0.717, 1.165) is 16.4 Å². The molecule has 0 saturated heterocycles. The smallest absolute Gasteiger partial charge is 0.264 e. The zero-order valence-corrected chi connectivity index (χ0v) is 25.7. The van der Waals surface area contributed by atoms with E-state index in [4.69, 9.17) is 21.1 Å². The third kappa shape index (κ3) is 8.13. The highest BCUT2D eigenvalue weighted by molar-refractivity contribution is 7.92. The molecule has 0 aromatic heterocycles. The zero-order valence-electron chi connectivity index (χ0n) is 24.1. The maximum absolute atomic E-state index is 14.0. The van der Waals surface area contributed by atoms with Gasteiger partial charge in [0.25, 0.3) is 10.0 Å². The number of methoxy groups -OCH3 is 2. The quantitative estimate of drug-likeness (QED) is 0.292. The number of anilines is 1. The molecule has 0 unspecified atom stereocenters. The minimum atomic E-state index is -4.39. The Hall–Kier alpha value is -3.83. The molecule has 42 heavy (non-hydrogen) atoms. The monoisotopic (exact) mass is 619 g/mol. The van der Waals surface area contributed by atoms with Crippen molar-refractivity contribution in [3.8, 4) is 11.5 Å². The van der Waals surface area contributed by atoms with E-state index in [1.54, 1.807) is 31.2 Å². The van der Waals surface area contributed by atoms with Crippen LogP contribution in [-0.4, -0.2) is 58.5 Å². The molecule has 9 nitrogen and oxygen atoms in total. The van der Waals surface area contributed by atoms with Crippen LogP contribution >= 0.6 is 11.6 Å². The number of halogens is 2. The van der Waals surface area contributed by atoms with E-state index in [2.05, 4.69) is 5.32 Å². The van der Waals surface area contributed by atoms with Crippen LogP contribution in [0.3, 0.4) is 0 Å². The van der Waals surface area contributed by atoms with E-state index in [-0.39, 0.29) is 34.7 Å². The predicted octanol–water partition coefficient (Wildman–Crippen LogP) is 4.88. The number of carbonyl (C=O) groups excluding carboxylic acids is 2. The summed E-state index contributed by atoms with van der Waals surface area (Å²) in [7, 11) is -1.60. The second-order valence-electron chi connectivity index (χ2n) is 9.97. The van der Waals surface area contributed by atoms with Crippen LogP contribution in [0.25, 0.3) is 0 Å². The third-order valence-electron chi connectivity index (χ3n) is 6.45. The minimum Gasteiger partial charge on any atom is -0.493 e. The second kappa shape index (κ2) is 14.4. The van der Waals surface area contributed by atoms with Gasteiger partial charge in [-0.15, -0.1) is 0 Å². The van der Waals surface area contributed by atoms with Gasteiger partial charge in [0.15, 0.2) is 11.5 Å². The number of hydrogen-bond donors (Lipinski definition) is 1. The van der Waals surface area contributed by atoms with Gasteiger partial charge in [-0.05, 0) is 66.9 Å². The Balaban J connectivity index is 2.04. The Kier molecular flexibility index (Phi) is 11.2. The van der Waals surface area contributed by atoms with Crippen molar-refractivity contribution in [3.05, 3.63) is 83.1 Å². The average molecular weight is 620 g/mol. The van der Waals surface area contributed by atoms with E-state index in [1.807, 2.05) is 13.8 Å². The van der Waals surface area contributed by atoms with Crippen molar-refractivity contribution < 1.29 is 31.9 Å². The van der Waals surface area contributed by atoms with E-state index in [9.17, 15) is 22.4 Å². The van der Waals surface area contributed by atoms with Gasteiger partial charge in [0.2, 0.25) is 11.8 Å². The molecule has 0 heterocycles. The fourth-order valence-corrected chi connectivity index (χ4v) is 5.62. The summed E-state index contributed by atoms with van der Waals surface area (Å²) in [5.41, 5.74) is 0.746. The highest BCUT2D eigenvalue weighted by Gasteiger charge is 2.33. The van der Waals surface area contributed by atoms with Crippen LogP contribution in [0, 0.1) is 11.7 Å². The normalized spacial score (nSPS) is 12.0. The third-order valence-corrected chi connectivity index (χ3v) is 8.48. The van der Waals surface area contributed by atoms with Crippen LogP contribution in [0.15, 0.2) is 71.6 Å². The fourth-order valence-electron chi connectivity index (χ4n) is 4.06. The van der Waals surface area contributed by atoms with Crippen molar-refractivity contribution in [1.82, 2.24) is 10.2 Å². The molecule has 3 aromatic rings. The summed E-state index contributed by atoms with van der Waals surface area (Å²) in [5, 5.41) is 3.33. The van der Waals surface area contributed by atoms with Gasteiger partial charge in [-0.2, -0.15) is 0 Å². The number of nitrogens with zero attached hydrogens (tertiary/aromatic N) is 2. The molecule has 0 aliphatic rings. The molecule has 2 amide bonds. The zero-order chi connectivity index (χ0) is 31.0. The second-order valence-corrected chi connectivity index (χ2v) is 12.3. The Morgan fingerprint density at radius 3 is 2.12 bits per heavy atom. The Morgan fingerprint density at radius 1 is 0.929 bits per heavy atom. The standard InChI is InChI=1S/C30H35ClFN3O6S/c1-20(2)17-33-30(37)21(3)34(18-22-6-8-23(31)9-7-22)29(36)19-35(25-12-10-24(32)11-13-25)42(38,39)26-14-15-27(40-4)28(16-26)41-5/h6-16,20-21H,17-19H2,1-5H3,(H,33,37)/t21-/m1/s1. The largest absolute Gasteiger partial charge is 0.493 e. The van der Waals surface area contributed by atoms with E-state index < -0.39 is 34.3 Å². The van der Waals surface area contributed by atoms with Gasteiger partial charge in [0.05, 0.1) is 24.8 Å². The fraction of sp³-hybridized carbons (Fsp3) is 0.333. The van der Waals surface area contributed by atoms with Gasteiger partial charge >= 0.3 is 0 Å². The molecular formula is C30H35ClFN3O6S. The van der Waals surface area contributed by atoms with Crippen molar-refractivity contribution in [1.29, 1.82) is 0 Å². The molecule has 0 aliphatic carbocycles. The Bertz CT molecular complexity index is 1480. The van der Waals surface area contributed by atoms with E-state index in [1.165, 1.54) is 49.5 Å². The van der Waals surface area contributed by atoms with Crippen LogP contribution in [-0.2, 0) is 26.2 Å². The van der Waals surface area contributed by atoms with Gasteiger partial charge in [-0.3, -0.25) is 13.9 Å². The number of sulfonamides is 1. The van der Waals surface area contributed by atoms with Crippen molar-refractivity contribution >= 4 is 39.1 Å². The van der Waals surface area contributed by atoms with Crippen LogP contribution in [0.2, 0.25) is 5.02 Å². The minimum absolute atomic E-state index is 0.0138. The van der Waals surface area contributed by atoms with Gasteiger partial charge in [-0.1, -0.05) is 37.6 Å². The molecule has 3 rings (SSSR count). The first-order valence-corrected chi connectivity index (χ1v) is 15.0. The first-order chi connectivity index (χ1) is 19.9. The van der Waals surface area contributed by atoms with Crippen molar-refractivity contribution in [2.45, 2.75) is 38.3 Å². The lowest BCUT2D eigenvalue weighted by molar-refractivity contribution is -0.139. The summed E-state index contributed by atoms with van der Waals surface area (Å²) in [5.74, 6) is -0.942.